The van der Waals surface area contributed by atoms with Crippen LogP contribution in [0.4, 0.5) is 0 Å². The van der Waals surface area contributed by atoms with E-state index in [9.17, 15) is 9.59 Å². The van der Waals surface area contributed by atoms with Gasteiger partial charge < -0.3 is 18.8 Å². The highest BCUT2D eigenvalue weighted by Crippen LogP contribution is 2.29. The minimum absolute atomic E-state index is 0.133. The molecule has 2 heterocycles. The lowest BCUT2D eigenvalue weighted by Gasteiger charge is -2.23. The van der Waals surface area contributed by atoms with E-state index in [1.54, 1.807) is 30.9 Å². The molecule has 1 atom stereocenters. The third-order valence-corrected chi connectivity index (χ3v) is 4.95. The molecule has 0 saturated carbocycles. The number of likely N-dealkylation sites (tertiary alicyclic amines) is 1. The van der Waals surface area contributed by atoms with Crippen LogP contribution in [0.5, 0.6) is 5.75 Å². The third kappa shape index (κ3) is 4.26. The van der Waals surface area contributed by atoms with Crippen molar-refractivity contribution in [2.75, 3.05) is 19.7 Å². The Balaban J connectivity index is 1.73. The third-order valence-electron chi connectivity index (χ3n) is 4.95. The second-order valence-corrected chi connectivity index (χ2v) is 6.93. The predicted molar refractivity (Wildman–Crippen MR) is 102 cm³/mol. The normalized spacial score (nSPS) is 16.0. The van der Waals surface area contributed by atoms with Crippen LogP contribution in [-0.4, -0.2) is 42.6 Å². The number of nitrogens with zero attached hydrogens (tertiary/aromatic N) is 1. The van der Waals surface area contributed by atoms with Gasteiger partial charge >= 0.3 is 5.97 Å². The predicted octanol–water partition coefficient (Wildman–Crippen LogP) is 4.09. The number of aryl methyl sites for hydroxylation is 1. The van der Waals surface area contributed by atoms with Gasteiger partial charge in [0.15, 0.2) is 6.10 Å². The summed E-state index contributed by atoms with van der Waals surface area (Å²) < 4.78 is 16.6. The van der Waals surface area contributed by atoms with Gasteiger partial charge in [0.05, 0.1) is 6.61 Å². The van der Waals surface area contributed by atoms with E-state index in [1.807, 2.05) is 13.0 Å². The number of ether oxygens (including phenoxy) is 2. The number of rotatable bonds is 5. The number of hydrogen-bond donors (Lipinski definition) is 0. The van der Waals surface area contributed by atoms with Gasteiger partial charge in [0.1, 0.15) is 11.3 Å². The fraction of sp³-hybridized carbons (Fsp3) is 0.524. The molecule has 1 fully saturated rings. The summed E-state index contributed by atoms with van der Waals surface area (Å²) in [6.45, 7) is 7.36. The van der Waals surface area contributed by atoms with Crippen LogP contribution in [0.1, 0.15) is 55.6 Å². The number of amides is 1. The number of carbonyl (C=O) groups is 2. The number of fused-ring (bicyclic) bond motifs is 1. The summed E-state index contributed by atoms with van der Waals surface area (Å²) in [5.41, 5.74) is 1.28. The van der Waals surface area contributed by atoms with Gasteiger partial charge in [-0.15, -0.1) is 0 Å². The fourth-order valence-corrected chi connectivity index (χ4v) is 3.46. The summed E-state index contributed by atoms with van der Waals surface area (Å²) in [4.78, 5) is 27.0. The molecule has 1 aliphatic heterocycles. The zero-order valence-electron chi connectivity index (χ0n) is 16.2. The molecule has 1 saturated heterocycles. The Kier molecular flexibility index (Phi) is 6.04. The maximum Gasteiger partial charge on any atom is 0.375 e. The molecule has 0 spiro atoms. The van der Waals surface area contributed by atoms with Crippen molar-refractivity contribution in [3.63, 3.8) is 0 Å². The van der Waals surface area contributed by atoms with Crippen molar-refractivity contribution in [3.05, 3.63) is 29.5 Å². The van der Waals surface area contributed by atoms with E-state index in [0.717, 1.165) is 49.9 Å². The van der Waals surface area contributed by atoms with Crippen LogP contribution in [0, 0.1) is 6.92 Å². The first kappa shape index (κ1) is 19.3. The lowest BCUT2D eigenvalue weighted by Crippen LogP contribution is -2.40. The topological polar surface area (TPSA) is 69.0 Å². The number of carbonyl (C=O) groups excluding carboxylic acids is 2. The minimum Gasteiger partial charge on any atom is -0.494 e. The molecule has 0 N–H and O–H groups in total. The van der Waals surface area contributed by atoms with Crippen LogP contribution in [0.25, 0.3) is 11.0 Å². The van der Waals surface area contributed by atoms with E-state index in [-0.39, 0.29) is 11.7 Å². The molecule has 0 bridgehead atoms. The van der Waals surface area contributed by atoms with Crippen molar-refractivity contribution in [2.45, 2.75) is 52.6 Å². The number of hydrogen-bond acceptors (Lipinski definition) is 5. The standard InChI is InChI=1S/C21H27NO5/c1-4-25-16-9-10-18-17(13-16)14(2)19(27-18)21(24)26-15(3)20(23)22-11-7-5-6-8-12-22/h9-10,13,15H,4-8,11-12H2,1-3H3/t15-/m0/s1. The average molecular weight is 373 g/mol. The second-order valence-electron chi connectivity index (χ2n) is 6.93. The minimum atomic E-state index is -0.831. The second kappa shape index (κ2) is 8.46. The summed E-state index contributed by atoms with van der Waals surface area (Å²) in [6.07, 6.45) is 3.44. The molecule has 6 heteroatoms. The van der Waals surface area contributed by atoms with Crippen molar-refractivity contribution in [1.82, 2.24) is 4.90 Å². The zero-order chi connectivity index (χ0) is 19.4. The molecule has 1 aliphatic rings. The maximum absolute atomic E-state index is 12.6. The lowest BCUT2D eigenvalue weighted by atomic mass is 10.1. The number of furan rings is 1. The summed E-state index contributed by atoms with van der Waals surface area (Å²) in [5, 5.41) is 0.805. The number of benzene rings is 1. The van der Waals surface area contributed by atoms with Crippen molar-refractivity contribution in [1.29, 1.82) is 0 Å². The molecule has 6 nitrogen and oxygen atoms in total. The Morgan fingerprint density at radius 2 is 1.89 bits per heavy atom. The van der Waals surface area contributed by atoms with Crippen LogP contribution < -0.4 is 4.74 Å². The van der Waals surface area contributed by atoms with E-state index >= 15 is 0 Å². The van der Waals surface area contributed by atoms with Gasteiger partial charge in [0.25, 0.3) is 5.91 Å². The molecular formula is C21H27NO5. The van der Waals surface area contributed by atoms with Crippen molar-refractivity contribution in [2.24, 2.45) is 0 Å². The van der Waals surface area contributed by atoms with Crippen LogP contribution in [0.15, 0.2) is 22.6 Å². The first-order valence-electron chi connectivity index (χ1n) is 9.67. The Bertz CT molecular complexity index is 817. The molecule has 3 rings (SSSR count). The zero-order valence-corrected chi connectivity index (χ0v) is 16.2. The van der Waals surface area contributed by atoms with Crippen LogP contribution in [0.3, 0.4) is 0 Å². The van der Waals surface area contributed by atoms with E-state index in [0.29, 0.717) is 17.8 Å². The highest BCUT2D eigenvalue weighted by Gasteiger charge is 2.27. The largest absolute Gasteiger partial charge is 0.494 e. The molecule has 1 aromatic heterocycles. The van der Waals surface area contributed by atoms with E-state index in [1.165, 1.54) is 0 Å². The lowest BCUT2D eigenvalue weighted by molar-refractivity contribution is -0.139. The van der Waals surface area contributed by atoms with Gasteiger partial charge in [-0.3, -0.25) is 4.79 Å². The van der Waals surface area contributed by atoms with Gasteiger partial charge in [0, 0.05) is 24.0 Å². The molecule has 146 valence electrons. The molecule has 1 amide bonds. The highest BCUT2D eigenvalue weighted by atomic mass is 16.6. The first-order chi connectivity index (χ1) is 13.0. The van der Waals surface area contributed by atoms with Gasteiger partial charge in [-0.25, -0.2) is 4.79 Å². The van der Waals surface area contributed by atoms with Gasteiger partial charge in [-0.05, 0) is 51.8 Å². The Morgan fingerprint density at radius 1 is 1.19 bits per heavy atom. The molecular weight excluding hydrogens is 346 g/mol. The van der Waals surface area contributed by atoms with E-state index in [4.69, 9.17) is 13.9 Å². The highest BCUT2D eigenvalue weighted by molar-refractivity contribution is 5.97. The quantitative estimate of drug-likeness (QED) is 0.739. The summed E-state index contributed by atoms with van der Waals surface area (Å²) >= 11 is 0. The Morgan fingerprint density at radius 3 is 2.56 bits per heavy atom. The average Bonchev–Trinajstić information content (AvgIpc) is 2.84. The molecule has 0 aliphatic carbocycles. The van der Waals surface area contributed by atoms with Crippen LogP contribution >= 0.6 is 0 Å². The Hall–Kier alpha value is -2.50. The summed E-state index contributed by atoms with van der Waals surface area (Å²) in [5.74, 6) is 0.0997. The first-order valence-corrected chi connectivity index (χ1v) is 9.67. The van der Waals surface area contributed by atoms with E-state index in [2.05, 4.69) is 0 Å². The van der Waals surface area contributed by atoms with Gasteiger partial charge in [-0.2, -0.15) is 0 Å². The summed E-state index contributed by atoms with van der Waals surface area (Å²) in [6, 6.07) is 5.42. The van der Waals surface area contributed by atoms with Crippen molar-refractivity contribution < 1.29 is 23.5 Å². The van der Waals surface area contributed by atoms with Crippen LogP contribution in [0.2, 0.25) is 0 Å². The van der Waals surface area contributed by atoms with Gasteiger partial charge in [0.2, 0.25) is 5.76 Å². The smallest absolute Gasteiger partial charge is 0.375 e. The monoisotopic (exact) mass is 373 g/mol. The molecule has 1 aromatic carbocycles. The van der Waals surface area contributed by atoms with E-state index < -0.39 is 12.1 Å². The Labute approximate surface area is 159 Å². The van der Waals surface area contributed by atoms with Crippen molar-refractivity contribution in [3.8, 4) is 5.75 Å². The SMILES string of the molecule is CCOc1ccc2oc(C(=O)O[C@@H](C)C(=O)N3CCCCCC3)c(C)c2c1. The summed E-state index contributed by atoms with van der Waals surface area (Å²) in [7, 11) is 0. The fourth-order valence-electron chi connectivity index (χ4n) is 3.46. The van der Waals surface area contributed by atoms with Crippen molar-refractivity contribution >= 4 is 22.8 Å². The van der Waals surface area contributed by atoms with Gasteiger partial charge in [-0.1, -0.05) is 12.8 Å². The molecule has 0 unspecified atom stereocenters. The molecule has 0 radical (unpaired) electrons. The number of esters is 1. The molecule has 2 aromatic rings. The molecule has 27 heavy (non-hydrogen) atoms. The maximum atomic E-state index is 12.6. The van der Waals surface area contributed by atoms with Crippen LogP contribution in [-0.2, 0) is 9.53 Å².